The van der Waals surface area contributed by atoms with Crippen LogP contribution in [-0.2, 0) is 0 Å². The molecule has 0 spiro atoms. The third kappa shape index (κ3) is 3.21. The summed E-state index contributed by atoms with van der Waals surface area (Å²) in [5.41, 5.74) is 1.22. The molecule has 0 amide bonds. The molecule has 0 saturated carbocycles. The van der Waals surface area contributed by atoms with E-state index in [2.05, 4.69) is 51.2 Å². The molecule has 0 atom stereocenters. The van der Waals surface area contributed by atoms with Crippen molar-refractivity contribution in [2.24, 2.45) is 0 Å². The zero-order valence-electron chi connectivity index (χ0n) is 14.1. The molecule has 5 nitrogen and oxygen atoms in total. The molecule has 0 aliphatic carbocycles. The summed E-state index contributed by atoms with van der Waals surface area (Å²) in [6.45, 7) is 6.04. The molecule has 6 heteroatoms. The first kappa shape index (κ1) is 16.0. The van der Waals surface area contributed by atoms with E-state index in [-0.39, 0.29) is 0 Å². The molecule has 2 aromatic heterocycles. The molecule has 126 valence electrons. The van der Waals surface area contributed by atoms with Crippen molar-refractivity contribution in [2.75, 3.05) is 37.6 Å². The quantitative estimate of drug-likeness (QED) is 0.679. The minimum absolute atomic E-state index is 0.503. The Balaban J connectivity index is 1.70. The van der Waals surface area contributed by atoms with Crippen molar-refractivity contribution in [3.05, 3.63) is 42.2 Å². The number of hydrogen-bond donors (Lipinski definition) is 0. The number of aromatic nitrogens is 2. The number of fused-ring (bicyclic) bond motifs is 1. The second kappa shape index (κ2) is 6.79. The van der Waals surface area contributed by atoms with Gasteiger partial charge in [-0.3, -0.25) is 4.90 Å². The number of hydrogen-bond acceptors (Lipinski definition) is 6. The van der Waals surface area contributed by atoms with Gasteiger partial charge >= 0.3 is 0 Å². The largest absolute Gasteiger partial charge is 0.353 e. The van der Waals surface area contributed by atoms with Crippen molar-refractivity contribution in [1.82, 2.24) is 14.9 Å². The van der Waals surface area contributed by atoms with Crippen LogP contribution >= 0.6 is 11.3 Å². The Morgan fingerprint density at radius 1 is 1.12 bits per heavy atom. The predicted molar refractivity (Wildman–Crippen MR) is 102 cm³/mol. The van der Waals surface area contributed by atoms with Gasteiger partial charge in [0.15, 0.2) is 0 Å². The standard InChI is InChI=1S/C19H19N5S/c1-14-21-18(24-11-9-23(8-7-20)10-12-24)16-13-17(25-19(16)22-14)15-5-3-2-4-6-15/h2-6,13H,8-12H2,1H3. The van der Waals surface area contributed by atoms with Gasteiger partial charge in [0.25, 0.3) is 0 Å². The smallest absolute Gasteiger partial charge is 0.141 e. The molecule has 25 heavy (non-hydrogen) atoms. The third-order valence-electron chi connectivity index (χ3n) is 4.51. The van der Waals surface area contributed by atoms with Crippen LogP contribution in [0.25, 0.3) is 20.7 Å². The molecule has 1 aliphatic rings. The fraction of sp³-hybridized carbons (Fsp3) is 0.316. The highest BCUT2D eigenvalue weighted by atomic mass is 32.1. The lowest BCUT2D eigenvalue weighted by atomic mass is 10.2. The van der Waals surface area contributed by atoms with E-state index in [9.17, 15) is 0 Å². The number of nitriles is 1. The van der Waals surface area contributed by atoms with Gasteiger partial charge < -0.3 is 4.90 Å². The van der Waals surface area contributed by atoms with E-state index in [1.54, 1.807) is 11.3 Å². The Hall–Kier alpha value is -2.49. The van der Waals surface area contributed by atoms with E-state index in [0.717, 1.165) is 48.0 Å². The third-order valence-corrected chi connectivity index (χ3v) is 5.59. The molecular formula is C19H19N5S. The van der Waals surface area contributed by atoms with Crippen LogP contribution in [0.1, 0.15) is 5.82 Å². The highest BCUT2D eigenvalue weighted by Crippen LogP contribution is 2.36. The maximum absolute atomic E-state index is 8.87. The molecule has 1 saturated heterocycles. The monoisotopic (exact) mass is 349 g/mol. The summed E-state index contributed by atoms with van der Waals surface area (Å²) in [6, 6.07) is 14.9. The van der Waals surface area contributed by atoms with E-state index < -0.39 is 0 Å². The molecule has 0 N–H and O–H groups in total. The van der Waals surface area contributed by atoms with Crippen LogP contribution in [0.3, 0.4) is 0 Å². The lowest BCUT2D eigenvalue weighted by Crippen LogP contribution is -2.46. The van der Waals surface area contributed by atoms with Crippen LogP contribution in [0.4, 0.5) is 5.82 Å². The summed E-state index contributed by atoms with van der Waals surface area (Å²) in [5, 5.41) is 9.99. The number of nitrogens with zero attached hydrogens (tertiary/aromatic N) is 5. The molecule has 1 fully saturated rings. The predicted octanol–water partition coefficient (Wildman–Crippen LogP) is 3.31. The van der Waals surface area contributed by atoms with Gasteiger partial charge in [-0.05, 0) is 18.6 Å². The summed E-state index contributed by atoms with van der Waals surface area (Å²) in [5.74, 6) is 1.83. The van der Waals surface area contributed by atoms with Gasteiger partial charge in [0, 0.05) is 31.1 Å². The van der Waals surface area contributed by atoms with Gasteiger partial charge in [-0.25, -0.2) is 9.97 Å². The van der Waals surface area contributed by atoms with E-state index in [4.69, 9.17) is 10.2 Å². The Morgan fingerprint density at radius 2 is 1.88 bits per heavy atom. The fourth-order valence-corrected chi connectivity index (χ4v) is 4.29. The van der Waals surface area contributed by atoms with Gasteiger partial charge in [-0.1, -0.05) is 30.3 Å². The van der Waals surface area contributed by atoms with Gasteiger partial charge in [0.1, 0.15) is 16.5 Å². The van der Waals surface area contributed by atoms with E-state index in [0.29, 0.717) is 6.54 Å². The maximum atomic E-state index is 8.87. The topological polar surface area (TPSA) is 56.1 Å². The van der Waals surface area contributed by atoms with Crippen molar-refractivity contribution >= 4 is 27.4 Å². The average Bonchev–Trinajstić information content (AvgIpc) is 3.07. The first-order valence-corrected chi connectivity index (χ1v) is 9.24. The van der Waals surface area contributed by atoms with Crippen molar-refractivity contribution in [3.8, 4) is 16.5 Å². The van der Waals surface area contributed by atoms with Crippen LogP contribution in [-0.4, -0.2) is 47.6 Å². The van der Waals surface area contributed by atoms with Crippen molar-refractivity contribution < 1.29 is 0 Å². The number of thiophene rings is 1. The van der Waals surface area contributed by atoms with Crippen molar-refractivity contribution in [1.29, 1.82) is 5.26 Å². The Morgan fingerprint density at radius 3 is 2.60 bits per heavy atom. The zero-order chi connectivity index (χ0) is 17.2. The van der Waals surface area contributed by atoms with Crippen LogP contribution in [0.15, 0.2) is 36.4 Å². The SMILES string of the molecule is Cc1nc(N2CCN(CC#N)CC2)c2cc(-c3ccccc3)sc2n1. The molecule has 0 radical (unpaired) electrons. The Bertz CT molecular complexity index is 920. The minimum Gasteiger partial charge on any atom is -0.353 e. The Labute approximate surface area is 151 Å². The van der Waals surface area contributed by atoms with E-state index >= 15 is 0 Å². The van der Waals surface area contributed by atoms with E-state index in [1.165, 1.54) is 10.4 Å². The summed E-state index contributed by atoms with van der Waals surface area (Å²) < 4.78 is 0. The van der Waals surface area contributed by atoms with Gasteiger partial charge in [0.2, 0.25) is 0 Å². The van der Waals surface area contributed by atoms with Crippen LogP contribution in [0.5, 0.6) is 0 Å². The molecule has 3 heterocycles. The summed E-state index contributed by atoms with van der Waals surface area (Å²) in [4.78, 5) is 16.2. The number of benzene rings is 1. The lowest BCUT2D eigenvalue weighted by molar-refractivity contribution is 0.286. The summed E-state index contributed by atoms with van der Waals surface area (Å²) >= 11 is 1.72. The fourth-order valence-electron chi connectivity index (χ4n) is 3.21. The van der Waals surface area contributed by atoms with Crippen molar-refractivity contribution in [2.45, 2.75) is 6.92 Å². The second-order valence-corrected chi connectivity index (χ2v) is 7.24. The Kier molecular flexibility index (Phi) is 4.35. The van der Waals surface area contributed by atoms with Crippen LogP contribution in [0.2, 0.25) is 0 Å². The second-order valence-electron chi connectivity index (χ2n) is 6.21. The van der Waals surface area contributed by atoms with Crippen molar-refractivity contribution in [3.63, 3.8) is 0 Å². The first-order chi connectivity index (χ1) is 12.2. The molecular weight excluding hydrogens is 330 g/mol. The molecule has 4 rings (SSSR count). The normalized spacial score (nSPS) is 15.4. The molecule has 0 bridgehead atoms. The van der Waals surface area contributed by atoms with Crippen LogP contribution < -0.4 is 4.90 Å². The number of aryl methyl sites for hydroxylation is 1. The average molecular weight is 349 g/mol. The highest BCUT2D eigenvalue weighted by Gasteiger charge is 2.21. The number of anilines is 1. The van der Waals surface area contributed by atoms with Crippen LogP contribution in [0, 0.1) is 18.3 Å². The first-order valence-electron chi connectivity index (χ1n) is 8.42. The van der Waals surface area contributed by atoms with Gasteiger partial charge in [0.05, 0.1) is 18.0 Å². The minimum atomic E-state index is 0.503. The molecule has 3 aromatic rings. The number of piperazine rings is 1. The molecule has 0 unspecified atom stereocenters. The summed E-state index contributed by atoms with van der Waals surface area (Å²) in [6.07, 6.45) is 0. The maximum Gasteiger partial charge on any atom is 0.141 e. The van der Waals surface area contributed by atoms with E-state index in [1.807, 2.05) is 13.0 Å². The zero-order valence-corrected chi connectivity index (χ0v) is 15.0. The lowest BCUT2D eigenvalue weighted by Gasteiger charge is -2.34. The summed E-state index contributed by atoms with van der Waals surface area (Å²) in [7, 11) is 0. The number of rotatable bonds is 3. The van der Waals surface area contributed by atoms with Gasteiger partial charge in [-0.15, -0.1) is 11.3 Å². The molecule has 1 aromatic carbocycles. The molecule has 1 aliphatic heterocycles. The van der Waals surface area contributed by atoms with Gasteiger partial charge in [-0.2, -0.15) is 5.26 Å². The highest BCUT2D eigenvalue weighted by molar-refractivity contribution is 7.21.